The second kappa shape index (κ2) is 5.48. The van der Waals surface area contributed by atoms with E-state index in [0.717, 1.165) is 16.6 Å². The Labute approximate surface area is 102 Å². The summed E-state index contributed by atoms with van der Waals surface area (Å²) in [5.74, 6) is 0.287. The molecule has 0 aliphatic carbocycles. The molecule has 4 nitrogen and oxygen atoms in total. The first-order chi connectivity index (χ1) is 8.15. The Balaban J connectivity index is 0.000000686. The molecule has 1 amide bonds. The molecule has 1 aromatic heterocycles. The lowest BCUT2D eigenvalue weighted by Gasteiger charge is -1.99. The molecule has 0 fully saturated rings. The van der Waals surface area contributed by atoms with Gasteiger partial charge in [0.05, 0.1) is 11.0 Å². The smallest absolute Gasteiger partial charge is 0.287 e. The van der Waals surface area contributed by atoms with Gasteiger partial charge in [0.25, 0.3) is 5.91 Å². The third kappa shape index (κ3) is 2.30. The highest BCUT2D eigenvalue weighted by Crippen LogP contribution is 2.18. The normalized spacial score (nSPS) is 9.71. The molecular formula is C13H19N3O. The number of nitrogens with one attached hydrogen (secondary N) is 1. The van der Waals surface area contributed by atoms with Crippen LogP contribution in [0.5, 0.6) is 0 Å². The monoisotopic (exact) mass is 233 g/mol. The van der Waals surface area contributed by atoms with Gasteiger partial charge in [0.15, 0.2) is 5.82 Å². The van der Waals surface area contributed by atoms with Gasteiger partial charge < -0.3 is 9.88 Å². The molecule has 0 saturated carbocycles. The van der Waals surface area contributed by atoms with E-state index in [-0.39, 0.29) is 5.91 Å². The van der Waals surface area contributed by atoms with Crippen molar-refractivity contribution in [2.24, 2.45) is 7.05 Å². The lowest BCUT2D eigenvalue weighted by molar-refractivity contribution is 0.0950. The van der Waals surface area contributed by atoms with Gasteiger partial charge in [-0.15, -0.1) is 0 Å². The average molecular weight is 233 g/mol. The summed E-state index contributed by atoms with van der Waals surface area (Å²) in [6.07, 6.45) is 0. The zero-order chi connectivity index (χ0) is 13.0. The summed E-state index contributed by atoms with van der Waals surface area (Å²) in [6.45, 7) is 5.99. The predicted octanol–water partition coefficient (Wildman–Crippen LogP) is 2.27. The highest BCUT2D eigenvalue weighted by molar-refractivity contribution is 5.95. The van der Waals surface area contributed by atoms with Crippen LogP contribution in [0.3, 0.4) is 0 Å². The van der Waals surface area contributed by atoms with Gasteiger partial charge in [0.2, 0.25) is 0 Å². The number of carbonyl (C=O) groups is 1. The van der Waals surface area contributed by atoms with Crippen LogP contribution in [0.15, 0.2) is 18.2 Å². The average Bonchev–Trinajstić information content (AvgIpc) is 2.70. The van der Waals surface area contributed by atoms with E-state index >= 15 is 0 Å². The minimum absolute atomic E-state index is 0.159. The summed E-state index contributed by atoms with van der Waals surface area (Å²) in [5.41, 5.74) is 2.95. The number of aryl methyl sites for hydroxylation is 2. The first kappa shape index (κ1) is 13.2. The Morgan fingerprint density at radius 1 is 1.35 bits per heavy atom. The van der Waals surface area contributed by atoms with Crippen molar-refractivity contribution in [2.75, 3.05) is 7.05 Å². The van der Waals surface area contributed by atoms with Crippen LogP contribution in [0.2, 0.25) is 0 Å². The molecule has 0 bridgehead atoms. The van der Waals surface area contributed by atoms with Crippen LogP contribution in [0.1, 0.15) is 30.0 Å². The second-order valence-corrected chi connectivity index (χ2v) is 3.52. The van der Waals surface area contributed by atoms with Gasteiger partial charge in [-0.05, 0) is 18.6 Å². The van der Waals surface area contributed by atoms with Crippen molar-refractivity contribution in [2.45, 2.75) is 20.8 Å². The van der Waals surface area contributed by atoms with Crippen molar-refractivity contribution in [1.29, 1.82) is 0 Å². The number of carbonyl (C=O) groups excluding carboxylic acids is 1. The number of fused-ring (bicyclic) bond motifs is 1. The van der Waals surface area contributed by atoms with Crippen LogP contribution in [-0.4, -0.2) is 22.5 Å². The van der Waals surface area contributed by atoms with Crippen molar-refractivity contribution in [3.05, 3.63) is 29.6 Å². The summed E-state index contributed by atoms with van der Waals surface area (Å²) in [4.78, 5) is 15.9. The summed E-state index contributed by atoms with van der Waals surface area (Å²) in [5, 5.41) is 2.58. The number of imidazole rings is 1. The molecule has 2 aromatic rings. The standard InChI is InChI=1S/C11H13N3O.C2H6/c1-7-5-4-6-8-9(7)13-10(14(8)3)11(15)12-2;1-2/h4-6H,1-3H3,(H,12,15);1-2H3. The van der Waals surface area contributed by atoms with E-state index in [9.17, 15) is 4.79 Å². The summed E-state index contributed by atoms with van der Waals surface area (Å²) in [6, 6.07) is 5.91. The lowest BCUT2D eigenvalue weighted by Crippen LogP contribution is -2.21. The van der Waals surface area contributed by atoms with E-state index in [4.69, 9.17) is 0 Å². The molecule has 0 spiro atoms. The van der Waals surface area contributed by atoms with E-state index in [1.54, 1.807) is 11.6 Å². The Hall–Kier alpha value is -1.84. The molecule has 0 aliphatic rings. The van der Waals surface area contributed by atoms with Gasteiger partial charge in [-0.25, -0.2) is 4.98 Å². The first-order valence-electron chi connectivity index (χ1n) is 5.79. The zero-order valence-electron chi connectivity index (χ0n) is 11.0. The van der Waals surface area contributed by atoms with Crippen LogP contribution in [-0.2, 0) is 7.05 Å². The molecule has 92 valence electrons. The summed E-state index contributed by atoms with van der Waals surface area (Å²) < 4.78 is 1.81. The number of nitrogens with zero attached hydrogens (tertiary/aromatic N) is 2. The third-order valence-electron chi connectivity index (χ3n) is 2.54. The van der Waals surface area contributed by atoms with Gasteiger partial charge in [-0.1, -0.05) is 26.0 Å². The maximum absolute atomic E-state index is 11.5. The van der Waals surface area contributed by atoms with Gasteiger partial charge in [0.1, 0.15) is 0 Å². The summed E-state index contributed by atoms with van der Waals surface area (Å²) in [7, 11) is 3.45. The van der Waals surface area contributed by atoms with E-state index in [2.05, 4.69) is 10.3 Å². The minimum atomic E-state index is -0.159. The number of benzene rings is 1. The molecule has 0 unspecified atom stereocenters. The molecule has 0 aliphatic heterocycles. The Morgan fingerprint density at radius 3 is 2.53 bits per heavy atom. The number of amides is 1. The number of para-hydroxylation sites is 1. The second-order valence-electron chi connectivity index (χ2n) is 3.52. The molecule has 1 heterocycles. The Morgan fingerprint density at radius 2 is 2.00 bits per heavy atom. The topological polar surface area (TPSA) is 46.9 Å². The number of hydrogen-bond acceptors (Lipinski definition) is 2. The molecule has 17 heavy (non-hydrogen) atoms. The maximum atomic E-state index is 11.5. The van der Waals surface area contributed by atoms with Gasteiger partial charge in [-0.3, -0.25) is 4.79 Å². The van der Waals surface area contributed by atoms with Crippen molar-refractivity contribution in [3.8, 4) is 0 Å². The first-order valence-corrected chi connectivity index (χ1v) is 5.79. The quantitative estimate of drug-likeness (QED) is 0.821. The van der Waals surface area contributed by atoms with Crippen molar-refractivity contribution in [1.82, 2.24) is 14.9 Å². The molecule has 4 heteroatoms. The Bertz CT molecular complexity index is 529. The number of rotatable bonds is 1. The van der Waals surface area contributed by atoms with E-state index < -0.39 is 0 Å². The summed E-state index contributed by atoms with van der Waals surface area (Å²) >= 11 is 0. The van der Waals surface area contributed by atoms with Gasteiger partial charge in [0, 0.05) is 14.1 Å². The van der Waals surface area contributed by atoms with Crippen molar-refractivity contribution >= 4 is 16.9 Å². The van der Waals surface area contributed by atoms with Crippen molar-refractivity contribution < 1.29 is 4.79 Å². The SMILES string of the molecule is CC.CNC(=O)c1nc2c(C)cccc2n1C. The van der Waals surface area contributed by atoms with Crippen LogP contribution >= 0.6 is 0 Å². The number of aromatic nitrogens is 2. The minimum Gasteiger partial charge on any atom is -0.352 e. The van der Waals surface area contributed by atoms with E-state index in [1.807, 2.05) is 46.0 Å². The molecule has 2 rings (SSSR count). The van der Waals surface area contributed by atoms with Gasteiger partial charge >= 0.3 is 0 Å². The fourth-order valence-electron chi connectivity index (χ4n) is 1.67. The predicted molar refractivity (Wildman–Crippen MR) is 70.2 cm³/mol. The third-order valence-corrected chi connectivity index (χ3v) is 2.54. The van der Waals surface area contributed by atoms with Crippen LogP contribution < -0.4 is 5.32 Å². The lowest BCUT2D eigenvalue weighted by atomic mass is 10.2. The fraction of sp³-hybridized carbons (Fsp3) is 0.385. The molecule has 1 N–H and O–H groups in total. The van der Waals surface area contributed by atoms with E-state index in [1.165, 1.54) is 0 Å². The largest absolute Gasteiger partial charge is 0.352 e. The zero-order valence-corrected chi connectivity index (χ0v) is 11.0. The van der Waals surface area contributed by atoms with Gasteiger partial charge in [-0.2, -0.15) is 0 Å². The molecule has 0 atom stereocenters. The van der Waals surface area contributed by atoms with E-state index in [0.29, 0.717) is 5.82 Å². The highest BCUT2D eigenvalue weighted by atomic mass is 16.2. The van der Waals surface area contributed by atoms with Crippen molar-refractivity contribution in [3.63, 3.8) is 0 Å². The highest BCUT2D eigenvalue weighted by Gasteiger charge is 2.14. The molecule has 1 aromatic carbocycles. The molecular weight excluding hydrogens is 214 g/mol. The Kier molecular flexibility index (Phi) is 4.26. The maximum Gasteiger partial charge on any atom is 0.287 e. The van der Waals surface area contributed by atoms with Crippen LogP contribution in [0.4, 0.5) is 0 Å². The van der Waals surface area contributed by atoms with Crippen LogP contribution in [0.25, 0.3) is 11.0 Å². The van der Waals surface area contributed by atoms with Crippen LogP contribution in [0, 0.1) is 6.92 Å². The molecule has 0 radical (unpaired) electrons. The molecule has 0 saturated heterocycles. The number of hydrogen-bond donors (Lipinski definition) is 1. The fourth-order valence-corrected chi connectivity index (χ4v) is 1.67.